The van der Waals surface area contributed by atoms with E-state index in [1.807, 2.05) is 0 Å². The van der Waals surface area contributed by atoms with Crippen LogP contribution in [0.4, 0.5) is 5.69 Å². The Kier molecular flexibility index (Phi) is 5.61. The van der Waals surface area contributed by atoms with E-state index in [1.54, 1.807) is 6.07 Å². The number of carbonyl (C=O) groups excluding carboxylic acids is 2. The Hall–Kier alpha value is -2.27. The molecule has 0 radical (unpaired) electrons. The molecule has 27 heavy (non-hydrogen) atoms. The molecule has 0 unspecified atom stereocenters. The van der Waals surface area contributed by atoms with E-state index in [0.29, 0.717) is 13.2 Å². The van der Waals surface area contributed by atoms with Crippen LogP contribution in [-0.4, -0.2) is 58.0 Å². The zero-order valence-corrected chi connectivity index (χ0v) is 16.1. The van der Waals surface area contributed by atoms with Crippen molar-refractivity contribution >= 4 is 38.9 Å². The van der Waals surface area contributed by atoms with Gasteiger partial charge in [-0.1, -0.05) is 18.2 Å². The SMILES string of the molecule is CN(C(=O)c1cc(S(=O)(=O)N2CCOCC2)cs1)c1ccccc1C(=O)[O-]. The number of sulfonamides is 1. The predicted molar refractivity (Wildman–Crippen MR) is 97.4 cm³/mol. The van der Waals surface area contributed by atoms with Gasteiger partial charge in [0.1, 0.15) is 0 Å². The quantitative estimate of drug-likeness (QED) is 0.708. The molecule has 10 heteroatoms. The lowest BCUT2D eigenvalue weighted by Crippen LogP contribution is -2.40. The molecule has 144 valence electrons. The first-order valence-electron chi connectivity index (χ1n) is 8.07. The molecule has 1 saturated heterocycles. The third kappa shape index (κ3) is 3.88. The molecule has 0 aliphatic carbocycles. The molecular weight excluding hydrogens is 392 g/mol. The number of morpholine rings is 1. The fourth-order valence-electron chi connectivity index (χ4n) is 2.72. The Balaban J connectivity index is 1.86. The first kappa shape index (κ1) is 19.5. The number of ether oxygens (including phenoxy) is 1. The molecule has 3 rings (SSSR count). The normalized spacial score (nSPS) is 15.4. The Labute approximate surface area is 160 Å². The van der Waals surface area contributed by atoms with Gasteiger partial charge in [0.15, 0.2) is 0 Å². The Bertz CT molecular complexity index is 963. The van der Waals surface area contributed by atoms with Gasteiger partial charge < -0.3 is 19.5 Å². The average molecular weight is 409 g/mol. The second kappa shape index (κ2) is 7.77. The smallest absolute Gasteiger partial charge is 0.268 e. The van der Waals surface area contributed by atoms with Crippen LogP contribution >= 0.6 is 11.3 Å². The second-order valence-electron chi connectivity index (χ2n) is 5.83. The van der Waals surface area contributed by atoms with E-state index in [4.69, 9.17) is 4.74 Å². The van der Waals surface area contributed by atoms with Crippen molar-refractivity contribution in [3.8, 4) is 0 Å². The highest BCUT2D eigenvalue weighted by atomic mass is 32.2. The van der Waals surface area contributed by atoms with E-state index in [0.717, 1.165) is 11.3 Å². The van der Waals surface area contributed by atoms with Crippen molar-refractivity contribution in [1.82, 2.24) is 4.31 Å². The van der Waals surface area contributed by atoms with Crippen LogP contribution in [0.15, 0.2) is 40.6 Å². The van der Waals surface area contributed by atoms with Gasteiger partial charge in [-0.3, -0.25) is 4.79 Å². The highest BCUT2D eigenvalue weighted by Gasteiger charge is 2.28. The van der Waals surface area contributed by atoms with Crippen molar-refractivity contribution < 1.29 is 27.9 Å². The number of carboxylic acids is 1. The van der Waals surface area contributed by atoms with Crippen molar-refractivity contribution in [2.24, 2.45) is 0 Å². The minimum absolute atomic E-state index is 0.0411. The summed E-state index contributed by atoms with van der Waals surface area (Å²) in [5, 5.41) is 12.7. The summed E-state index contributed by atoms with van der Waals surface area (Å²) >= 11 is 0.994. The van der Waals surface area contributed by atoms with Gasteiger partial charge in [0, 0.05) is 31.1 Å². The van der Waals surface area contributed by atoms with Crippen LogP contribution in [-0.2, 0) is 14.8 Å². The molecule has 0 saturated carbocycles. The summed E-state index contributed by atoms with van der Waals surface area (Å²) in [4.78, 5) is 25.4. The summed E-state index contributed by atoms with van der Waals surface area (Å²) in [5.74, 6) is -1.90. The van der Waals surface area contributed by atoms with Gasteiger partial charge in [-0.25, -0.2) is 8.42 Å². The number of anilines is 1. The average Bonchev–Trinajstić information content (AvgIpc) is 3.18. The second-order valence-corrected chi connectivity index (χ2v) is 8.68. The first-order chi connectivity index (χ1) is 12.8. The first-order valence-corrected chi connectivity index (χ1v) is 10.4. The Morgan fingerprint density at radius 1 is 1.22 bits per heavy atom. The summed E-state index contributed by atoms with van der Waals surface area (Å²) in [6.07, 6.45) is 0. The zero-order valence-electron chi connectivity index (χ0n) is 14.5. The van der Waals surface area contributed by atoms with Crippen molar-refractivity contribution in [3.63, 3.8) is 0 Å². The van der Waals surface area contributed by atoms with Crippen molar-refractivity contribution in [1.29, 1.82) is 0 Å². The number of thiophene rings is 1. The molecular formula is C17H17N2O6S2-. The van der Waals surface area contributed by atoms with Crippen LogP contribution in [0, 0.1) is 0 Å². The van der Waals surface area contributed by atoms with Gasteiger partial charge >= 0.3 is 0 Å². The molecule has 1 fully saturated rings. The van der Waals surface area contributed by atoms with Gasteiger partial charge in [-0.05, 0) is 12.1 Å². The number of nitrogens with zero attached hydrogens (tertiary/aromatic N) is 2. The van der Waals surface area contributed by atoms with E-state index in [1.165, 1.54) is 45.9 Å². The number of carboxylic acid groups (broad SMARTS) is 1. The summed E-state index contributed by atoms with van der Waals surface area (Å²) < 4.78 is 31.8. The van der Waals surface area contributed by atoms with Gasteiger partial charge in [0.2, 0.25) is 10.0 Å². The van der Waals surface area contributed by atoms with Crippen LogP contribution in [0.25, 0.3) is 0 Å². The highest BCUT2D eigenvalue weighted by molar-refractivity contribution is 7.89. The zero-order chi connectivity index (χ0) is 19.6. The molecule has 2 aromatic rings. The van der Waals surface area contributed by atoms with Crippen LogP contribution in [0.5, 0.6) is 0 Å². The summed E-state index contributed by atoms with van der Waals surface area (Å²) in [5.41, 5.74) is 0.0551. The lowest BCUT2D eigenvalue weighted by Gasteiger charge is -2.25. The maximum Gasteiger partial charge on any atom is 0.268 e. The molecule has 1 aliphatic rings. The van der Waals surface area contributed by atoms with Crippen molar-refractivity contribution in [2.75, 3.05) is 38.3 Å². The largest absolute Gasteiger partial charge is 0.545 e. The number of rotatable bonds is 5. The topological polar surface area (TPSA) is 107 Å². The molecule has 1 aliphatic heterocycles. The Morgan fingerprint density at radius 3 is 2.56 bits per heavy atom. The Morgan fingerprint density at radius 2 is 1.89 bits per heavy atom. The number of carbonyl (C=O) groups is 2. The molecule has 1 aromatic heterocycles. The highest BCUT2D eigenvalue weighted by Crippen LogP contribution is 2.27. The van der Waals surface area contributed by atoms with Gasteiger partial charge in [0.25, 0.3) is 5.91 Å². The van der Waals surface area contributed by atoms with Gasteiger partial charge in [0.05, 0.1) is 34.6 Å². The fourth-order valence-corrected chi connectivity index (χ4v) is 5.36. The third-order valence-corrected chi connectivity index (χ3v) is 7.13. The van der Waals surface area contributed by atoms with Gasteiger partial charge in [-0.15, -0.1) is 11.3 Å². The molecule has 0 atom stereocenters. The summed E-state index contributed by atoms with van der Waals surface area (Å²) in [7, 11) is -2.27. The third-order valence-electron chi connectivity index (χ3n) is 4.18. The van der Waals surface area contributed by atoms with Crippen LogP contribution in [0.3, 0.4) is 0 Å². The van der Waals surface area contributed by atoms with Crippen LogP contribution < -0.4 is 10.0 Å². The monoisotopic (exact) mass is 409 g/mol. The van der Waals surface area contributed by atoms with Crippen LogP contribution in [0.1, 0.15) is 20.0 Å². The minimum atomic E-state index is -3.70. The van der Waals surface area contributed by atoms with Crippen LogP contribution in [0.2, 0.25) is 0 Å². The maximum atomic E-state index is 12.7. The number of hydrogen-bond donors (Lipinski definition) is 0. The number of amides is 1. The number of aromatic carboxylic acids is 1. The molecule has 2 heterocycles. The van der Waals surface area contributed by atoms with Crippen molar-refractivity contribution in [3.05, 3.63) is 46.2 Å². The van der Waals surface area contributed by atoms with E-state index >= 15 is 0 Å². The van der Waals surface area contributed by atoms with Gasteiger partial charge in [-0.2, -0.15) is 4.31 Å². The lowest BCUT2D eigenvalue weighted by atomic mass is 10.1. The summed E-state index contributed by atoms with van der Waals surface area (Å²) in [6.45, 7) is 1.19. The van der Waals surface area contributed by atoms with E-state index in [9.17, 15) is 23.1 Å². The van der Waals surface area contributed by atoms with Crippen molar-refractivity contribution in [2.45, 2.75) is 4.90 Å². The molecule has 1 aromatic carbocycles. The minimum Gasteiger partial charge on any atom is -0.545 e. The number of hydrogen-bond acceptors (Lipinski definition) is 7. The number of benzene rings is 1. The molecule has 1 amide bonds. The lowest BCUT2D eigenvalue weighted by molar-refractivity contribution is -0.254. The van der Waals surface area contributed by atoms with E-state index < -0.39 is 21.9 Å². The maximum absolute atomic E-state index is 12.7. The molecule has 0 N–H and O–H groups in total. The van der Waals surface area contributed by atoms with E-state index in [-0.39, 0.29) is 34.1 Å². The number of para-hydroxylation sites is 1. The fraction of sp³-hybridized carbons (Fsp3) is 0.294. The summed E-state index contributed by atoms with van der Waals surface area (Å²) in [6, 6.07) is 7.29. The molecule has 8 nitrogen and oxygen atoms in total. The van der Waals surface area contributed by atoms with E-state index in [2.05, 4.69) is 0 Å². The predicted octanol–water partition coefficient (Wildman–Crippen LogP) is 0.409. The molecule has 0 spiro atoms. The standard InChI is InChI=1S/C17H18N2O6S2/c1-18(14-5-3-2-4-13(14)17(21)22)16(20)15-10-12(11-26-15)27(23,24)19-6-8-25-9-7-19/h2-5,10-11H,6-9H2,1H3,(H,21,22)/p-1. The molecule has 0 bridgehead atoms.